The normalized spacial score (nSPS) is 21.1. The molecule has 112 valence electrons. The SMILES string of the molecule is CN1CCC(Nc2ccccc2S(=O)(=O)C(F)(F)F)C1. The molecule has 1 fully saturated rings. The summed E-state index contributed by atoms with van der Waals surface area (Å²) < 4.78 is 61.0. The van der Waals surface area contributed by atoms with E-state index in [2.05, 4.69) is 5.32 Å². The number of hydrogen-bond donors (Lipinski definition) is 1. The second-order valence-electron chi connectivity index (χ2n) is 4.84. The number of hydrogen-bond acceptors (Lipinski definition) is 4. The minimum Gasteiger partial charge on any atom is -0.380 e. The summed E-state index contributed by atoms with van der Waals surface area (Å²) in [6.45, 7) is 1.49. The standard InChI is InChI=1S/C12H15F3N2O2S/c1-17-7-6-9(8-17)16-10-4-2-3-5-11(10)20(18,19)12(13,14)15/h2-5,9,16H,6-8H2,1H3. The van der Waals surface area contributed by atoms with E-state index in [4.69, 9.17) is 0 Å². The van der Waals surface area contributed by atoms with Gasteiger partial charge < -0.3 is 10.2 Å². The van der Waals surface area contributed by atoms with Gasteiger partial charge >= 0.3 is 5.51 Å². The van der Waals surface area contributed by atoms with Crippen LogP contribution < -0.4 is 5.32 Å². The summed E-state index contributed by atoms with van der Waals surface area (Å²) in [4.78, 5) is 1.31. The highest BCUT2D eigenvalue weighted by Gasteiger charge is 2.48. The Morgan fingerprint density at radius 2 is 1.95 bits per heavy atom. The molecule has 0 aliphatic carbocycles. The monoisotopic (exact) mass is 308 g/mol. The lowest BCUT2D eigenvalue weighted by Crippen LogP contribution is -2.27. The third kappa shape index (κ3) is 2.90. The Morgan fingerprint density at radius 3 is 2.50 bits per heavy atom. The van der Waals surface area contributed by atoms with Crippen LogP contribution in [0.25, 0.3) is 0 Å². The summed E-state index contributed by atoms with van der Waals surface area (Å²) in [6.07, 6.45) is 0.761. The second-order valence-corrected chi connectivity index (χ2v) is 6.75. The van der Waals surface area contributed by atoms with Crippen LogP contribution in [-0.2, 0) is 9.84 Å². The average molecular weight is 308 g/mol. The first kappa shape index (κ1) is 15.1. The predicted molar refractivity (Wildman–Crippen MR) is 69.2 cm³/mol. The zero-order chi connectivity index (χ0) is 15.0. The van der Waals surface area contributed by atoms with Gasteiger partial charge in [-0.1, -0.05) is 12.1 Å². The second kappa shape index (κ2) is 5.25. The summed E-state index contributed by atoms with van der Waals surface area (Å²) in [5, 5.41) is 2.90. The van der Waals surface area contributed by atoms with Gasteiger partial charge in [-0.05, 0) is 32.1 Å². The smallest absolute Gasteiger partial charge is 0.380 e. The van der Waals surface area contributed by atoms with E-state index in [1.165, 1.54) is 18.2 Å². The molecule has 0 bridgehead atoms. The number of nitrogens with one attached hydrogen (secondary N) is 1. The van der Waals surface area contributed by atoms with Gasteiger partial charge in [-0.2, -0.15) is 13.2 Å². The van der Waals surface area contributed by atoms with Gasteiger partial charge in [0, 0.05) is 12.6 Å². The number of nitrogens with zero attached hydrogens (tertiary/aromatic N) is 1. The molecule has 0 amide bonds. The lowest BCUT2D eigenvalue weighted by Gasteiger charge is -2.18. The van der Waals surface area contributed by atoms with Crippen LogP contribution in [0.3, 0.4) is 0 Å². The number of sulfone groups is 1. The highest BCUT2D eigenvalue weighted by atomic mass is 32.2. The van der Waals surface area contributed by atoms with E-state index < -0.39 is 20.2 Å². The van der Waals surface area contributed by atoms with E-state index >= 15 is 0 Å². The van der Waals surface area contributed by atoms with Crippen molar-refractivity contribution in [1.82, 2.24) is 4.90 Å². The van der Waals surface area contributed by atoms with E-state index in [1.807, 2.05) is 11.9 Å². The van der Waals surface area contributed by atoms with Crippen molar-refractivity contribution in [2.45, 2.75) is 22.9 Å². The maximum Gasteiger partial charge on any atom is 0.501 e. The molecule has 1 aliphatic rings. The molecule has 1 N–H and O–H groups in total. The minimum absolute atomic E-state index is 0.00475. The molecule has 1 atom stereocenters. The molecule has 2 rings (SSSR count). The number of likely N-dealkylation sites (tertiary alicyclic amines) is 1. The Hall–Kier alpha value is -1.28. The zero-order valence-corrected chi connectivity index (χ0v) is 11.6. The molecule has 20 heavy (non-hydrogen) atoms. The molecule has 1 aromatic carbocycles. The van der Waals surface area contributed by atoms with Crippen molar-refractivity contribution < 1.29 is 21.6 Å². The van der Waals surface area contributed by atoms with E-state index in [-0.39, 0.29) is 11.7 Å². The molecule has 0 radical (unpaired) electrons. The molecule has 0 aromatic heterocycles. The quantitative estimate of drug-likeness (QED) is 0.929. The van der Waals surface area contributed by atoms with Crippen molar-refractivity contribution in [3.63, 3.8) is 0 Å². The van der Waals surface area contributed by atoms with Crippen LogP contribution in [0.4, 0.5) is 18.9 Å². The Morgan fingerprint density at radius 1 is 1.30 bits per heavy atom. The van der Waals surface area contributed by atoms with E-state index in [0.29, 0.717) is 6.54 Å². The van der Waals surface area contributed by atoms with Gasteiger partial charge in [0.25, 0.3) is 9.84 Å². The molecular formula is C12H15F3N2O2S. The van der Waals surface area contributed by atoms with Gasteiger partial charge in [-0.15, -0.1) is 0 Å². The fourth-order valence-corrected chi connectivity index (χ4v) is 3.14. The Kier molecular flexibility index (Phi) is 3.97. The molecule has 8 heteroatoms. The number of likely N-dealkylation sites (N-methyl/N-ethyl adjacent to an activating group) is 1. The minimum atomic E-state index is -5.34. The van der Waals surface area contributed by atoms with Crippen LogP contribution in [0.1, 0.15) is 6.42 Å². The van der Waals surface area contributed by atoms with Crippen LogP contribution in [0.5, 0.6) is 0 Å². The largest absolute Gasteiger partial charge is 0.501 e. The molecule has 1 unspecified atom stereocenters. The van der Waals surface area contributed by atoms with Crippen molar-refractivity contribution in [3.05, 3.63) is 24.3 Å². The third-order valence-corrected chi connectivity index (χ3v) is 4.78. The van der Waals surface area contributed by atoms with Crippen LogP contribution in [0.15, 0.2) is 29.2 Å². The Balaban J connectivity index is 2.32. The third-order valence-electron chi connectivity index (χ3n) is 3.23. The lowest BCUT2D eigenvalue weighted by molar-refractivity contribution is -0.0435. The molecular weight excluding hydrogens is 293 g/mol. The Bertz CT molecular complexity index is 587. The Labute approximate surface area is 115 Å². The predicted octanol–water partition coefficient (Wildman–Crippen LogP) is 2.10. The number of benzene rings is 1. The molecule has 1 saturated heterocycles. The maximum absolute atomic E-state index is 12.7. The van der Waals surface area contributed by atoms with Crippen LogP contribution in [0.2, 0.25) is 0 Å². The highest BCUT2D eigenvalue weighted by Crippen LogP contribution is 2.34. The summed E-state index contributed by atoms with van der Waals surface area (Å²) >= 11 is 0. The van der Waals surface area contributed by atoms with E-state index in [0.717, 1.165) is 19.0 Å². The molecule has 1 heterocycles. The average Bonchev–Trinajstić information content (AvgIpc) is 2.74. The fraction of sp³-hybridized carbons (Fsp3) is 0.500. The molecule has 1 aliphatic heterocycles. The number of halogens is 3. The highest BCUT2D eigenvalue weighted by molar-refractivity contribution is 7.92. The van der Waals surface area contributed by atoms with Crippen molar-refractivity contribution >= 4 is 15.5 Å². The van der Waals surface area contributed by atoms with Crippen molar-refractivity contribution in [2.75, 3.05) is 25.5 Å². The van der Waals surface area contributed by atoms with E-state index in [9.17, 15) is 21.6 Å². The fourth-order valence-electron chi connectivity index (χ4n) is 2.22. The van der Waals surface area contributed by atoms with Crippen molar-refractivity contribution in [1.29, 1.82) is 0 Å². The van der Waals surface area contributed by atoms with Gasteiger partial charge in [0.05, 0.1) is 10.6 Å². The van der Waals surface area contributed by atoms with Crippen LogP contribution in [0, 0.1) is 0 Å². The van der Waals surface area contributed by atoms with Gasteiger partial charge in [-0.3, -0.25) is 0 Å². The molecule has 4 nitrogen and oxygen atoms in total. The van der Waals surface area contributed by atoms with Crippen LogP contribution in [-0.4, -0.2) is 45.0 Å². The molecule has 1 aromatic rings. The number of para-hydroxylation sites is 1. The maximum atomic E-state index is 12.7. The summed E-state index contributed by atoms with van der Waals surface area (Å²) in [6, 6.07) is 5.08. The first-order valence-electron chi connectivity index (χ1n) is 6.07. The number of anilines is 1. The lowest BCUT2D eigenvalue weighted by atomic mass is 10.2. The van der Waals surface area contributed by atoms with Gasteiger partial charge in [0.1, 0.15) is 0 Å². The van der Waals surface area contributed by atoms with Gasteiger partial charge in [0.2, 0.25) is 0 Å². The van der Waals surface area contributed by atoms with Crippen molar-refractivity contribution in [2.24, 2.45) is 0 Å². The number of alkyl halides is 3. The summed E-state index contributed by atoms with van der Waals surface area (Å²) in [5.41, 5.74) is -5.29. The first-order valence-corrected chi connectivity index (χ1v) is 7.55. The van der Waals surface area contributed by atoms with Gasteiger partial charge in [-0.25, -0.2) is 8.42 Å². The van der Waals surface area contributed by atoms with Crippen molar-refractivity contribution in [3.8, 4) is 0 Å². The summed E-state index contributed by atoms with van der Waals surface area (Å²) in [5.74, 6) is 0. The zero-order valence-electron chi connectivity index (χ0n) is 10.8. The number of rotatable bonds is 3. The summed E-state index contributed by atoms with van der Waals surface area (Å²) in [7, 11) is -3.44. The molecule has 0 spiro atoms. The van der Waals surface area contributed by atoms with E-state index in [1.54, 1.807) is 0 Å². The van der Waals surface area contributed by atoms with Crippen LogP contribution >= 0.6 is 0 Å². The topological polar surface area (TPSA) is 49.4 Å². The molecule has 0 saturated carbocycles. The first-order chi connectivity index (χ1) is 9.22. The van der Waals surface area contributed by atoms with Gasteiger partial charge in [0.15, 0.2) is 0 Å².